The molecule has 0 aliphatic heterocycles. The molecule has 11 heteroatoms. The first-order valence-electron chi connectivity index (χ1n) is 7.09. The Labute approximate surface area is 164 Å². The number of amidine groups is 2. The molecule has 1 radical (unpaired) electrons. The SMILES string of the molecule is CN/C([S-])=N/N=C(C)/C(C)=N/N=C(\[S-])NCCCCCC(=O)O.[Cu+2]. The molecular weight excluding hydrogens is 400 g/mol. The van der Waals surface area contributed by atoms with Gasteiger partial charge in [-0.3, -0.25) is 4.79 Å². The van der Waals surface area contributed by atoms with Crippen LogP contribution in [0.4, 0.5) is 0 Å². The van der Waals surface area contributed by atoms with Gasteiger partial charge in [-0.05, 0) is 37.0 Å². The van der Waals surface area contributed by atoms with Crippen LogP contribution in [0.3, 0.4) is 0 Å². The third-order valence-electron chi connectivity index (χ3n) is 2.66. The van der Waals surface area contributed by atoms with Crippen molar-refractivity contribution in [1.29, 1.82) is 0 Å². The van der Waals surface area contributed by atoms with Gasteiger partial charge in [0.1, 0.15) is 0 Å². The van der Waals surface area contributed by atoms with E-state index in [0.717, 1.165) is 12.8 Å². The summed E-state index contributed by atoms with van der Waals surface area (Å²) in [6.07, 6.45) is 2.50. The fraction of sp³-hybridized carbons (Fsp3) is 0.615. The molecule has 0 aromatic rings. The van der Waals surface area contributed by atoms with Gasteiger partial charge in [-0.2, -0.15) is 20.4 Å². The molecule has 0 unspecified atom stereocenters. The van der Waals surface area contributed by atoms with E-state index in [0.29, 0.717) is 24.4 Å². The van der Waals surface area contributed by atoms with Crippen LogP contribution >= 0.6 is 0 Å². The molecule has 3 N–H and O–H groups in total. The van der Waals surface area contributed by atoms with Crippen molar-refractivity contribution in [2.24, 2.45) is 20.4 Å². The Morgan fingerprint density at radius 2 is 1.50 bits per heavy atom. The van der Waals surface area contributed by atoms with E-state index in [2.05, 4.69) is 31.0 Å². The first-order valence-corrected chi connectivity index (χ1v) is 7.90. The van der Waals surface area contributed by atoms with E-state index in [1.807, 2.05) is 0 Å². The van der Waals surface area contributed by atoms with Crippen molar-refractivity contribution in [1.82, 2.24) is 10.6 Å². The van der Waals surface area contributed by atoms with Gasteiger partial charge in [0.2, 0.25) is 0 Å². The van der Waals surface area contributed by atoms with Crippen molar-refractivity contribution in [3.05, 3.63) is 0 Å². The van der Waals surface area contributed by atoms with Gasteiger partial charge in [-0.15, -0.1) is 0 Å². The van der Waals surface area contributed by atoms with Gasteiger partial charge in [0.15, 0.2) is 0 Å². The number of hydrogen-bond donors (Lipinski definition) is 3. The number of nitrogens with zero attached hydrogens (tertiary/aromatic N) is 4. The molecule has 0 fully saturated rings. The van der Waals surface area contributed by atoms with Crippen molar-refractivity contribution < 1.29 is 27.0 Å². The second kappa shape index (κ2) is 15.2. The largest absolute Gasteiger partial charge is 2.00 e. The molecule has 0 aliphatic carbocycles. The van der Waals surface area contributed by atoms with Gasteiger partial charge in [0, 0.05) is 20.0 Å². The number of carbonyl (C=O) groups is 1. The number of carboxylic acid groups (broad SMARTS) is 1. The minimum Gasteiger partial charge on any atom is -0.741 e. The van der Waals surface area contributed by atoms with Gasteiger partial charge in [-0.25, -0.2) is 0 Å². The number of hydrogen-bond acceptors (Lipinski definition) is 7. The Balaban J connectivity index is 0. The summed E-state index contributed by atoms with van der Waals surface area (Å²) in [7, 11) is 1.67. The molecule has 0 saturated heterocycles. The van der Waals surface area contributed by atoms with Crippen LogP contribution in [0.5, 0.6) is 0 Å². The average Bonchev–Trinajstić information content (AvgIpc) is 2.52. The van der Waals surface area contributed by atoms with Crippen LogP contribution in [0.2, 0.25) is 0 Å². The van der Waals surface area contributed by atoms with Crippen LogP contribution in [0, 0.1) is 0 Å². The third kappa shape index (κ3) is 14.3. The van der Waals surface area contributed by atoms with Gasteiger partial charge in [-0.1, -0.05) is 6.42 Å². The predicted octanol–water partition coefficient (Wildman–Crippen LogP) is 0.995. The number of nitrogens with one attached hydrogen (secondary N) is 2. The van der Waals surface area contributed by atoms with Crippen LogP contribution in [0.25, 0.3) is 0 Å². The van der Waals surface area contributed by atoms with Crippen LogP contribution in [0.1, 0.15) is 39.5 Å². The summed E-state index contributed by atoms with van der Waals surface area (Å²) in [6.45, 7) is 4.12. The summed E-state index contributed by atoms with van der Waals surface area (Å²) in [4.78, 5) is 10.4. The number of rotatable bonds is 9. The van der Waals surface area contributed by atoms with E-state index in [4.69, 9.17) is 30.4 Å². The topological polar surface area (TPSA) is 111 Å². The average molecular weight is 422 g/mol. The van der Waals surface area contributed by atoms with Gasteiger partial charge >= 0.3 is 23.0 Å². The van der Waals surface area contributed by atoms with Gasteiger partial charge in [0.25, 0.3) is 0 Å². The molecule has 0 aromatic heterocycles. The number of unbranched alkanes of at least 4 members (excludes halogenated alkanes) is 2. The van der Waals surface area contributed by atoms with E-state index in [1.165, 1.54) is 0 Å². The maximum atomic E-state index is 10.4. The quantitative estimate of drug-likeness (QED) is 0.128. The molecule has 8 nitrogen and oxygen atoms in total. The molecule has 0 spiro atoms. The fourth-order valence-electron chi connectivity index (χ4n) is 1.24. The zero-order valence-electron chi connectivity index (χ0n) is 13.8. The first kappa shape index (κ1) is 25.0. The Bertz CT molecular complexity index is 509. The maximum absolute atomic E-state index is 10.4. The molecule has 0 bridgehead atoms. The monoisotopic (exact) mass is 421 g/mol. The van der Waals surface area contributed by atoms with Crippen molar-refractivity contribution in [3.8, 4) is 0 Å². The summed E-state index contributed by atoms with van der Waals surface area (Å²) in [5.74, 6) is -0.771. The molecule has 24 heavy (non-hydrogen) atoms. The predicted molar refractivity (Wildman–Crippen MR) is 99.0 cm³/mol. The number of carboxylic acids is 1. The zero-order valence-corrected chi connectivity index (χ0v) is 16.4. The molecule has 0 aromatic carbocycles. The second-order valence-electron chi connectivity index (χ2n) is 4.56. The van der Waals surface area contributed by atoms with Crippen LogP contribution < -0.4 is 10.6 Å². The van der Waals surface area contributed by atoms with E-state index in [9.17, 15) is 4.79 Å². The summed E-state index contributed by atoms with van der Waals surface area (Å²) in [5.41, 5.74) is 1.17. The van der Waals surface area contributed by atoms with E-state index in [1.54, 1.807) is 20.9 Å². The van der Waals surface area contributed by atoms with Crippen LogP contribution in [-0.4, -0.2) is 46.4 Å². The molecule has 0 amide bonds. The standard InChI is InChI=1S/C13H24N6O2S2.Cu/c1-9(16-18-12(22)14-3)10(2)17-19-13(23)15-8-6-4-5-7-11(20)21;/h4-8H2,1-3H3,(H,20,21)(H2,14,18,22)(H2,15,19,23);/q;+2/p-2/b16-9+,17-10+;. The normalized spacial score (nSPS) is 13.3. The van der Waals surface area contributed by atoms with Crippen molar-refractivity contribution in [3.63, 3.8) is 0 Å². The van der Waals surface area contributed by atoms with E-state index in [-0.39, 0.29) is 33.8 Å². The van der Waals surface area contributed by atoms with Crippen molar-refractivity contribution >= 4 is 53.0 Å². The fourth-order valence-corrected chi connectivity index (χ4v) is 1.43. The Hall–Kier alpha value is -1.29. The molecule has 0 heterocycles. The summed E-state index contributed by atoms with van der Waals surface area (Å²) < 4.78 is 0. The van der Waals surface area contributed by atoms with E-state index >= 15 is 0 Å². The smallest absolute Gasteiger partial charge is 0.741 e. The zero-order chi connectivity index (χ0) is 17.7. The first-order chi connectivity index (χ1) is 10.9. The van der Waals surface area contributed by atoms with Crippen LogP contribution in [0.15, 0.2) is 20.4 Å². The summed E-state index contributed by atoms with van der Waals surface area (Å²) in [5, 5.41) is 30.3. The Morgan fingerprint density at radius 3 is 2.00 bits per heavy atom. The summed E-state index contributed by atoms with van der Waals surface area (Å²) >= 11 is 9.88. The van der Waals surface area contributed by atoms with Crippen molar-refractivity contribution in [2.45, 2.75) is 39.5 Å². The van der Waals surface area contributed by atoms with Crippen molar-refractivity contribution in [2.75, 3.05) is 13.6 Å². The summed E-state index contributed by atoms with van der Waals surface area (Å²) in [6, 6.07) is 0. The number of aliphatic carboxylic acids is 1. The minimum absolute atomic E-state index is 0. The Kier molecular flexibility index (Phi) is 15.9. The van der Waals surface area contributed by atoms with Gasteiger partial charge in [0.05, 0.1) is 11.4 Å². The van der Waals surface area contributed by atoms with Crippen LogP contribution in [-0.2, 0) is 47.1 Å². The molecule has 0 aliphatic rings. The molecule has 0 atom stereocenters. The molecule has 0 rings (SSSR count). The molecule has 139 valence electrons. The molecular formula is C13H22CuN6O2S2. The minimum atomic E-state index is -0.771. The maximum Gasteiger partial charge on any atom is 2.00 e. The van der Waals surface area contributed by atoms with E-state index < -0.39 is 5.97 Å². The second-order valence-corrected chi connectivity index (χ2v) is 5.34. The van der Waals surface area contributed by atoms with Gasteiger partial charge < -0.3 is 41.0 Å². The Morgan fingerprint density at radius 1 is 0.958 bits per heavy atom. The third-order valence-corrected chi connectivity index (χ3v) is 3.17. The molecule has 0 saturated carbocycles.